The van der Waals surface area contributed by atoms with E-state index in [1.54, 1.807) is 18.3 Å². The van der Waals surface area contributed by atoms with Crippen LogP contribution in [0.2, 0.25) is 0 Å². The summed E-state index contributed by atoms with van der Waals surface area (Å²) in [5, 5.41) is 1.24. The number of hydrogen-bond donors (Lipinski definition) is 0. The normalized spacial score (nSPS) is 10.9. The molecule has 0 saturated heterocycles. The van der Waals surface area contributed by atoms with Gasteiger partial charge in [0, 0.05) is 17.1 Å². The quantitative estimate of drug-likeness (QED) is 0.417. The van der Waals surface area contributed by atoms with E-state index in [9.17, 15) is 9.18 Å². The molecule has 0 aliphatic rings. The van der Waals surface area contributed by atoms with Gasteiger partial charge in [0.05, 0.1) is 35.4 Å². The third-order valence-electron chi connectivity index (χ3n) is 4.35. The Bertz CT molecular complexity index is 1190. The van der Waals surface area contributed by atoms with Crippen LogP contribution in [0.1, 0.15) is 17.3 Å². The van der Waals surface area contributed by atoms with Crippen molar-refractivity contribution in [1.82, 2.24) is 9.97 Å². The van der Waals surface area contributed by atoms with E-state index in [-0.39, 0.29) is 5.56 Å². The van der Waals surface area contributed by atoms with Crippen LogP contribution in [0, 0.1) is 5.82 Å². The van der Waals surface area contributed by atoms with Crippen LogP contribution in [0.4, 0.5) is 4.39 Å². The van der Waals surface area contributed by atoms with Crippen molar-refractivity contribution in [3.05, 3.63) is 66.1 Å². The Labute approximate surface area is 170 Å². The van der Waals surface area contributed by atoms with E-state index in [0.717, 1.165) is 21.2 Å². The average molecular weight is 408 g/mol. The van der Waals surface area contributed by atoms with Gasteiger partial charge in [0.15, 0.2) is 0 Å². The zero-order chi connectivity index (χ0) is 20.4. The second kappa shape index (κ2) is 7.97. The average Bonchev–Trinajstić information content (AvgIpc) is 3.23. The molecule has 4 rings (SSSR count). The monoisotopic (exact) mass is 408 g/mol. The van der Waals surface area contributed by atoms with Crippen LogP contribution in [0.15, 0.2) is 54.7 Å². The summed E-state index contributed by atoms with van der Waals surface area (Å²) in [6.45, 7) is 2.55. The first-order chi connectivity index (χ1) is 14.1. The molecular weight excluding hydrogens is 391 g/mol. The number of thiazole rings is 1. The second-order valence-electron chi connectivity index (χ2n) is 6.20. The highest BCUT2D eigenvalue weighted by atomic mass is 32.1. The Balaban J connectivity index is 1.75. The van der Waals surface area contributed by atoms with Gasteiger partial charge in [-0.25, -0.2) is 19.2 Å². The van der Waals surface area contributed by atoms with Crippen LogP contribution < -0.4 is 4.74 Å². The number of fused-ring (bicyclic) bond motifs is 1. The number of hydrogen-bond acceptors (Lipinski definition) is 6. The zero-order valence-electron chi connectivity index (χ0n) is 15.8. The number of aromatic nitrogens is 2. The van der Waals surface area contributed by atoms with Crippen LogP contribution in [-0.2, 0) is 4.74 Å². The first-order valence-corrected chi connectivity index (χ1v) is 9.78. The van der Waals surface area contributed by atoms with E-state index in [1.165, 1.54) is 30.6 Å². The van der Waals surface area contributed by atoms with Crippen molar-refractivity contribution in [2.24, 2.45) is 0 Å². The lowest BCUT2D eigenvalue weighted by atomic mass is 10.1. The summed E-state index contributed by atoms with van der Waals surface area (Å²) < 4.78 is 24.0. The molecule has 0 bridgehead atoms. The van der Waals surface area contributed by atoms with Gasteiger partial charge in [-0.3, -0.25) is 0 Å². The molecule has 0 saturated carbocycles. The number of esters is 1. The van der Waals surface area contributed by atoms with E-state index >= 15 is 0 Å². The number of nitrogens with zero attached hydrogens (tertiary/aromatic N) is 2. The van der Waals surface area contributed by atoms with Crippen LogP contribution in [0.3, 0.4) is 0 Å². The summed E-state index contributed by atoms with van der Waals surface area (Å²) in [4.78, 5) is 22.1. The molecular formula is C22H17FN2O3S. The highest BCUT2D eigenvalue weighted by molar-refractivity contribution is 7.18. The number of carbonyl (C=O) groups excluding carboxylic acids is 1. The molecule has 0 fully saturated rings. The number of carbonyl (C=O) groups is 1. The lowest BCUT2D eigenvalue weighted by Gasteiger charge is -2.07. The van der Waals surface area contributed by atoms with Gasteiger partial charge in [-0.1, -0.05) is 0 Å². The Morgan fingerprint density at radius 1 is 1.14 bits per heavy atom. The van der Waals surface area contributed by atoms with Crippen molar-refractivity contribution in [2.45, 2.75) is 6.92 Å². The molecule has 7 heteroatoms. The standard InChI is InChI=1S/C22H17FN2O3S/c1-3-28-15-7-4-13(5-8-15)21-24-12-20(29-21)19-11-17(22(26)27-2)16-10-14(23)6-9-18(16)25-19/h4-12H,3H2,1-2H3. The van der Waals surface area contributed by atoms with Crippen molar-refractivity contribution in [1.29, 1.82) is 0 Å². The fourth-order valence-corrected chi connectivity index (χ4v) is 3.87. The molecule has 0 amide bonds. The number of rotatable bonds is 5. The molecule has 0 spiro atoms. The Morgan fingerprint density at radius 3 is 2.66 bits per heavy atom. The number of ether oxygens (including phenoxy) is 2. The van der Waals surface area contributed by atoms with E-state index in [1.807, 2.05) is 31.2 Å². The van der Waals surface area contributed by atoms with Crippen molar-refractivity contribution in [3.8, 4) is 26.9 Å². The molecule has 0 unspecified atom stereocenters. The maximum atomic E-state index is 13.7. The Hall–Kier alpha value is -3.32. The first kappa shape index (κ1) is 19.0. The molecule has 0 N–H and O–H groups in total. The van der Waals surface area contributed by atoms with Crippen LogP contribution in [0.5, 0.6) is 5.75 Å². The Morgan fingerprint density at radius 2 is 1.93 bits per heavy atom. The van der Waals surface area contributed by atoms with E-state index < -0.39 is 11.8 Å². The molecule has 0 aliphatic heterocycles. The van der Waals surface area contributed by atoms with Crippen molar-refractivity contribution >= 4 is 28.2 Å². The van der Waals surface area contributed by atoms with E-state index in [4.69, 9.17) is 9.47 Å². The van der Waals surface area contributed by atoms with Gasteiger partial charge in [-0.2, -0.15) is 0 Å². The largest absolute Gasteiger partial charge is 0.494 e. The summed E-state index contributed by atoms with van der Waals surface area (Å²) >= 11 is 1.46. The predicted octanol–water partition coefficient (Wildman–Crippen LogP) is 5.35. The second-order valence-corrected chi connectivity index (χ2v) is 7.23. The maximum Gasteiger partial charge on any atom is 0.338 e. The number of benzene rings is 2. The SMILES string of the molecule is CCOc1ccc(-c2ncc(-c3cc(C(=O)OC)c4cc(F)ccc4n3)s2)cc1. The predicted molar refractivity (Wildman–Crippen MR) is 111 cm³/mol. The molecule has 2 aromatic heterocycles. The Kier molecular flexibility index (Phi) is 5.22. The lowest BCUT2D eigenvalue weighted by molar-refractivity contribution is 0.0603. The smallest absolute Gasteiger partial charge is 0.338 e. The first-order valence-electron chi connectivity index (χ1n) is 8.97. The number of halogens is 1. The topological polar surface area (TPSA) is 61.3 Å². The van der Waals surface area contributed by atoms with Gasteiger partial charge >= 0.3 is 5.97 Å². The summed E-state index contributed by atoms with van der Waals surface area (Å²) in [5.74, 6) is -0.174. The third kappa shape index (κ3) is 3.82. The van der Waals surface area contributed by atoms with Gasteiger partial charge in [0.1, 0.15) is 16.6 Å². The fraction of sp³-hybridized carbons (Fsp3) is 0.136. The molecule has 2 heterocycles. The van der Waals surface area contributed by atoms with E-state index in [0.29, 0.717) is 23.2 Å². The van der Waals surface area contributed by atoms with Gasteiger partial charge in [-0.05, 0) is 55.5 Å². The lowest BCUT2D eigenvalue weighted by Crippen LogP contribution is -2.04. The molecule has 4 aromatic rings. The van der Waals surface area contributed by atoms with Gasteiger partial charge < -0.3 is 9.47 Å². The molecule has 146 valence electrons. The van der Waals surface area contributed by atoms with Crippen LogP contribution in [-0.4, -0.2) is 29.7 Å². The molecule has 0 atom stereocenters. The summed E-state index contributed by atoms with van der Waals surface area (Å²) in [6, 6.07) is 13.5. The van der Waals surface area contributed by atoms with Gasteiger partial charge in [0.2, 0.25) is 0 Å². The minimum absolute atomic E-state index is 0.267. The number of pyridine rings is 1. The fourth-order valence-electron chi connectivity index (χ4n) is 2.99. The molecule has 0 radical (unpaired) electrons. The maximum absolute atomic E-state index is 13.7. The van der Waals surface area contributed by atoms with Crippen molar-refractivity contribution in [2.75, 3.05) is 13.7 Å². The summed E-state index contributed by atoms with van der Waals surface area (Å²) in [7, 11) is 1.30. The highest BCUT2D eigenvalue weighted by Crippen LogP contribution is 2.34. The summed E-state index contributed by atoms with van der Waals surface area (Å²) in [6.07, 6.45) is 1.72. The van der Waals surface area contributed by atoms with E-state index in [2.05, 4.69) is 9.97 Å². The van der Waals surface area contributed by atoms with Crippen molar-refractivity contribution in [3.63, 3.8) is 0 Å². The van der Waals surface area contributed by atoms with Crippen LogP contribution in [0.25, 0.3) is 32.0 Å². The van der Waals surface area contributed by atoms with Crippen LogP contribution >= 0.6 is 11.3 Å². The van der Waals surface area contributed by atoms with Gasteiger partial charge in [-0.15, -0.1) is 11.3 Å². The molecule has 5 nitrogen and oxygen atoms in total. The zero-order valence-corrected chi connectivity index (χ0v) is 16.6. The van der Waals surface area contributed by atoms with Gasteiger partial charge in [0.25, 0.3) is 0 Å². The minimum atomic E-state index is -0.541. The highest BCUT2D eigenvalue weighted by Gasteiger charge is 2.17. The minimum Gasteiger partial charge on any atom is -0.494 e. The third-order valence-corrected chi connectivity index (χ3v) is 5.42. The molecule has 2 aromatic carbocycles. The number of methoxy groups -OCH3 is 1. The summed E-state index contributed by atoms with van der Waals surface area (Å²) in [5.41, 5.74) is 2.32. The van der Waals surface area contributed by atoms with Crippen molar-refractivity contribution < 1.29 is 18.7 Å². The molecule has 29 heavy (non-hydrogen) atoms. The molecule has 0 aliphatic carbocycles.